The first-order valence-electron chi connectivity index (χ1n) is 7.40. The van der Waals surface area contributed by atoms with Crippen LogP contribution in [0.1, 0.15) is 18.9 Å². The topological polar surface area (TPSA) is 21.3 Å². The van der Waals surface area contributed by atoms with Gasteiger partial charge in [0.05, 0.1) is 0 Å². The number of halogens is 1. The standard InChI is InChI=1S/C18H22BrNO/c1-15(7-8-16-5-3-2-4-6-16)20-13-14-21-18-11-9-17(19)10-12-18/h2-6,9-12,15,20H,7-8,13-14H2,1H3. The zero-order chi connectivity index (χ0) is 14.9. The molecule has 2 nitrogen and oxygen atoms in total. The fraction of sp³-hybridized carbons (Fsp3) is 0.333. The van der Waals surface area contributed by atoms with E-state index in [1.807, 2.05) is 24.3 Å². The number of benzene rings is 2. The van der Waals surface area contributed by atoms with Crippen LogP contribution in [-0.4, -0.2) is 19.2 Å². The third-order valence-corrected chi connectivity index (χ3v) is 3.91. The summed E-state index contributed by atoms with van der Waals surface area (Å²) in [5.74, 6) is 0.914. The van der Waals surface area contributed by atoms with Crippen LogP contribution in [0.25, 0.3) is 0 Å². The minimum atomic E-state index is 0.499. The Hall–Kier alpha value is -1.32. The molecule has 0 fully saturated rings. The molecule has 112 valence electrons. The number of aryl methyl sites for hydroxylation is 1. The van der Waals surface area contributed by atoms with Crippen molar-refractivity contribution in [2.45, 2.75) is 25.8 Å². The molecule has 0 aliphatic rings. The van der Waals surface area contributed by atoms with Gasteiger partial charge in [-0.25, -0.2) is 0 Å². The van der Waals surface area contributed by atoms with E-state index in [9.17, 15) is 0 Å². The molecule has 1 unspecified atom stereocenters. The molecule has 2 aromatic carbocycles. The van der Waals surface area contributed by atoms with Gasteiger partial charge in [0.25, 0.3) is 0 Å². The van der Waals surface area contributed by atoms with E-state index in [0.29, 0.717) is 12.6 Å². The lowest BCUT2D eigenvalue weighted by Gasteiger charge is -2.14. The van der Waals surface area contributed by atoms with Crippen LogP contribution in [0.2, 0.25) is 0 Å². The summed E-state index contributed by atoms with van der Waals surface area (Å²) in [6.45, 7) is 3.78. The van der Waals surface area contributed by atoms with Gasteiger partial charge in [-0.05, 0) is 49.6 Å². The van der Waals surface area contributed by atoms with Crippen molar-refractivity contribution in [1.82, 2.24) is 5.32 Å². The molecule has 21 heavy (non-hydrogen) atoms. The van der Waals surface area contributed by atoms with Crippen molar-refractivity contribution in [1.29, 1.82) is 0 Å². The van der Waals surface area contributed by atoms with Crippen LogP contribution in [0.3, 0.4) is 0 Å². The van der Waals surface area contributed by atoms with E-state index in [-0.39, 0.29) is 0 Å². The number of ether oxygens (including phenoxy) is 1. The van der Waals surface area contributed by atoms with Crippen LogP contribution >= 0.6 is 15.9 Å². The highest BCUT2D eigenvalue weighted by Gasteiger charge is 2.02. The van der Waals surface area contributed by atoms with Crippen molar-refractivity contribution < 1.29 is 4.74 Å². The fourth-order valence-electron chi connectivity index (χ4n) is 2.13. The molecule has 0 aromatic heterocycles. The van der Waals surface area contributed by atoms with Gasteiger partial charge < -0.3 is 10.1 Å². The Balaban J connectivity index is 1.59. The molecular weight excluding hydrogens is 326 g/mol. The molecule has 0 spiro atoms. The number of hydrogen-bond donors (Lipinski definition) is 1. The summed E-state index contributed by atoms with van der Waals surface area (Å²) >= 11 is 3.41. The highest BCUT2D eigenvalue weighted by molar-refractivity contribution is 9.10. The number of nitrogens with one attached hydrogen (secondary N) is 1. The average Bonchev–Trinajstić information content (AvgIpc) is 2.52. The second-order valence-electron chi connectivity index (χ2n) is 5.18. The minimum absolute atomic E-state index is 0.499. The molecule has 0 amide bonds. The van der Waals surface area contributed by atoms with Crippen molar-refractivity contribution in [2.75, 3.05) is 13.2 Å². The Morgan fingerprint density at radius 1 is 1.05 bits per heavy atom. The summed E-state index contributed by atoms with van der Waals surface area (Å²) in [5.41, 5.74) is 1.40. The first-order valence-corrected chi connectivity index (χ1v) is 8.19. The molecule has 0 saturated carbocycles. The molecule has 1 atom stereocenters. The maximum atomic E-state index is 5.69. The van der Waals surface area contributed by atoms with Gasteiger partial charge in [0.1, 0.15) is 12.4 Å². The van der Waals surface area contributed by atoms with Crippen molar-refractivity contribution in [3.05, 3.63) is 64.6 Å². The van der Waals surface area contributed by atoms with Crippen molar-refractivity contribution in [3.8, 4) is 5.75 Å². The predicted molar refractivity (Wildman–Crippen MR) is 91.9 cm³/mol. The molecule has 0 heterocycles. The molecule has 2 aromatic rings. The van der Waals surface area contributed by atoms with Crippen LogP contribution < -0.4 is 10.1 Å². The van der Waals surface area contributed by atoms with Crippen molar-refractivity contribution >= 4 is 15.9 Å². The van der Waals surface area contributed by atoms with Crippen LogP contribution in [0.4, 0.5) is 0 Å². The molecule has 0 aliphatic heterocycles. The third kappa shape index (κ3) is 6.32. The lowest BCUT2D eigenvalue weighted by Crippen LogP contribution is -2.30. The fourth-order valence-corrected chi connectivity index (χ4v) is 2.40. The zero-order valence-corrected chi connectivity index (χ0v) is 14.0. The normalized spacial score (nSPS) is 12.1. The number of rotatable bonds is 8. The molecule has 0 aliphatic carbocycles. The largest absolute Gasteiger partial charge is 0.492 e. The van der Waals surface area contributed by atoms with E-state index in [2.05, 4.69) is 58.5 Å². The van der Waals surface area contributed by atoms with Crippen LogP contribution in [0.15, 0.2) is 59.1 Å². The molecule has 0 radical (unpaired) electrons. The van der Waals surface area contributed by atoms with Gasteiger partial charge in [0, 0.05) is 17.1 Å². The minimum Gasteiger partial charge on any atom is -0.492 e. The Labute approximate surface area is 135 Å². The van der Waals surface area contributed by atoms with E-state index in [1.165, 1.54) is 5.56 Å². The average molecular weight is 348 g/mol. The summed E-state index contributed by atoms with van der Waals surface area (Å²) in [6.07, 6.45) is 2.25. The van der Waals surface area contributed by atoms with E-state index >= 15 is 0 Å². The van der Waals surface area contributed by atoms with Crippen molar-refractivity contribution in [2.24, 2.45) is 0 Å². The Morgan fingerprint density at radius 3 is 2.48 bits per heavy atom. The van der Waals surface area contributed by atoms with Gasteiger partial charge in [0.2, 0.25) is 0 Å². The summed E-state index contributed by atoms with van der Waals surface area (Å²) in [7, 11) is 0. The summed E-state index contributed by atoms with van der Waals surface area (Å²) in [4.78, 5) is 0. The molecule has 2 rings (SSSR count). The van der Waals surface area contributed by atoms with E-state index in [0.717, 1.165) is 29.6 Å². The van der Waals surface area contributed by atoms with E-state index in [4.69, 9.17) is 4.74 Å². The summed E-state index contributed by atoms with van der Waals surface area (Å²) in [5, 5.41) is 3.50. The lowest BCUT2D eigenvalue weighted by molar-refractivity contribution is 0.305. The van der Waals surface area contributed by atoms with Crippen LogP contribution in [0, 0.1) is 0 Å². The lowest BCUT2D eigenvalue weighted by atomic mass is 10.1. The maximum Gasteiger partial charge on any atom is 0.119 e. The van der Waals surface area contributed by atoms with Gasteiger partial charge in [-0.2, -0.15) is 0 Å². The van der Waals surface area contributed by atoms with Gasteiger partial charge in [-0.1, -0.05) is 46.3 Å². The van der Waals surface area contributed by atoms with Crippen molar-refractivity contribution in [3.63, 3.8) is 0 Å². The second-order valence-corrected chi connectivity index (χ2v) is 6.10. The number of hydrogen-bond acceptors (Lipinski definition) is 2. The monoisotopic (exact) mass is 347 g/mol. The molecule has 3 heteroatoms. The highest BCUT2D eigenvalue weighted by atomic mass is 79.9. The predicted octanol–water partition coefficient (Wildman–Crippen LogP) is 4.44. The maximum absolute atomic E-state index is 5.69. The Kier molecular flexibility index (Phi) is 6.77. The second kappa shape index (κ2) is 8.85. The highest BCUT2D eigenvalue weighted by Crippen LogP contribution is 2.15. The van der Waals surface area contributed by atoms with Gasteiger partial charge >= 0.3 is 0 Å². The SMILES string of the molecule is CC(CCc1ccccc1)NCCOc1ccc(Br)cc1. The van der Waals surface area contributed by atoms with Gasteiger partial charge in [-0.15, -0.1) is 0 Å². The van der Waals surface area contributed by atoms with E-state index < -0.39 is 0 Å². The van der Waals surface area contributed by atoms with Crippen LogP contribution in [-0.2, 0) is 6.42 Å². The quantitative estimate of drug-likeness (QED) is 0.712. The Morgan fingerprint density at radius 2 is 1.76 bits per heavy atom. The molecule has 0 bridgehead atoms. The first-order chi connectivity index (χ1) is 10.2. The van der Waals surface area contributed by atoms with Gasteiger partial charge in [-0.3, -0.25) is 0 Å². The van der Waals surface area contributed by atoms with Crippen LogP contribution in [0.5, 0.6) is 5.75 Å². The third-order valence-electron chi connectivity index (χ3n) is 3.39. The summed E-state index contributed by atoms with van der Waals surface area (Å²) < 4.78 is 6.76. The van der Waals surface area contributed by atoms with Gasteiger partial charge in [0.15, 0.2) is 0 Å². The molecule has 1 N–H and O–H groups in total. The molecular formula is C18H22BrNO. The first kappa shape index (κ1) is 16.1. The summed E-state index contributed by atoms with van der Waals surface area (Å²) in [6, 6.07) is 19.1. The zero-order valence-electron chi connectivity index (χ0n) is 12.4. The van der Waals surface area contributed by atoms with E-state index in [1.54, 1.807) is 0 Å². The molecule has 0 saturated heterocycles. The Bertz CT molecular complexity index is 513. The smallest absolute Gasteiger partial charge is 0.119 e.